The summed E-state index contributed by atoms with van der Waals surface area (Å²) in [5.74, 6) is -5.07. The maximum Gasteiger partial charge on any atom is 0.458 e. The zero-order valence-corrected chi connectivity index (χ0v) is 27.8. The minimum absolute atomic E-state index is 0.0323. The Hall–Kier alpha value is -2.10. The molecule has 1 aromatic carbocycles. The van der Waals surface area contributed by atoms with Crippen molar-refractivity contribution in [1.82, 2.24) is 4.98 Å². The van der Waals surface area contributed by atoms with Crippen molar-refractivity contribution in [2.75, 3.05) is 0 Å². The molecule has 9 heteroatoms. The molecule has 4 rings (SSSR count). The number of benzene rings is 1. The topological polar surface area (TPSA) is 42.4 Å². The summed E-state index contributed by atoms with van der Waals surface area (Å²) in [5, 5.41) is 11.9. The summed E-state index contributed by atoms with van der Waals surface area (Å²) in [7, 11) is -2.24. The van der Waals surface area contributed by atoms with Crippen molar-refractivity contribution >= 4 is 13.9 Å². The van der Waals surface area contributed by atoms with Crippen LogP contribution in [-0.4, -0.2) is 24.6 Å². The molecule has 238 valence electrons. The third kappa shape index (κ3) is 6.50. The lowest BCUT2D eigenvalue weighted by Gasteiger charge is -2.45. The quantitative estimate of drug-likeness (QED) is 0.246. The van der Waals surface area contributed by atoms with E-state index in [2.05, 4.69) is 53.8 Å². The van der Waals surface area contributed by atoms with Crippen LogP contribution in [0.2, 0.25) is 18.1 Å². The smallest absolute Gasteiger partial charge is 0.410 e. The van der Waals surface area contributed by atoms with Crippen LogP contribution in [0.3, 0.4) is 0 Å². The highest BCUT2D eigenvalue weighted by Crippen LogP contribution is 2.52. The Morgan fingerprint density at radius 1 is 1.02 bits per heavy atom. The Bertz CT molecular complexity index is 1370. The second-order valence-corrected chi connectivity index (χ2v) is 19.7. The van der Waals surface area contributed by atoms with Gasteiger partial charge in [0.15, 0.2) is 8.32 Å². The molecule has 0 aliphatic heterocycles. The van der Waals surface area contributed by atoms with Gasteiger partial charge in [0.05, 0.1) is 6.10 Å². The van der Waals surface area contributed by atoms with Gasteiger partial charge in [0.2, 0.25) is 0 Å². The van der Waals surface area contributed by atoms with E-state index in [9.17, 15) is 27.1 Å². The number of alkyl halides is 5. The number of aliphatic hydroxyl groups is 1. The Labute approximate surface area is 254 Å². The van der Waals surface area contributed by atoms with Crippen LogP contribution in [-0.2, 0) is 16.8 Å². The van der Waals surface area contributed by atoms with E-state index in [0.29, 0.717) is 11.3 Å². The van der Waals surface area contributed by atoms with E-state index in [0.717, 1.165) is 66.6 Å². The zero-order chi connectivity index (χ0) is 32.3. The van der Waals surface area contributed by atoms with Crippen molar-refractivity contribution in [3.8, 4) is 0 Å². The summed E-state index contributed by atoms with van der Waals surface area (Å²) < 4.78 is 74.3. The van der Waals surface area contributed by atoms with Crippen LogP contribution >= 0.6 is 0 Å². The summed E-state index contributed by atoms with van der Waals surface area (Å²) in [6.07, 6.45) is -0.808. The van der Waals surface area contributed by atoms with E-state index >= 15 is 0 Å². The van der Waals surface area contributed by atoms with E-state index in [-0.39, 0.29) is 28.0 Å². The predicted octanol–water partition coefficient (Wildman–Crippen LogP) is 10.5. The number of hydrogen-bond acceptors (Lipinski definition) is 3. The average Bonchev–Trinajstić information content (AvgIpc) is 3.39. The molecule has 1 aromatic heterocycles. The monoisotopic (exact) mass is 623 g/mol. The fourth-order valence-corrected chi connectivity index (χ4v) is 7.36. The van der Waals surface area contributed by atoms with Crippen molar-refractivity contribution in [2.45, 2.75) is 129 Å². The lowest BCUT2D eigenvalue weighted by molar-refractivity contribution is -0.289. The van der Waals surface area contributed by atoms with Gasteiger partial charge in [-0.3, -0.25) is 4.98 Å². The van der Waals surface area contributed by atoms with Crippen LogP contribution < -0.4 is 0 Å². The molecule has 1 unspecified atom stereocenters. The molecule has 43 heavy (non-hydrogen) atoms. The molecule has 2 aromatic rings. The van der Waals surface area contributed by atoms with Crippen LogP contribution in [0, 0.1) is 5.41 Å². The minimum atomic E-state index is -5.71. The van der Waals surface area contributed by atoms with Gasteiger partial charge >= 0.3 is 12.1 Å². The van der Waals surface area contributed by atoms with Gasteiger partial charge in [-0.05, 0) is 78.3 Å². The van der Waals surface area contributed by atoms with E-state index in [4.69, 9.17) is 9.41 Å². The highest BCUT2D eigenvalue weighted by molar-refractivity contribution is 6.74. The van der Waals surface area contributed by atoms with Crippen molar-refractivity contribution in [1.29, 1.82) is 0 Å². The summed E-state index contributed by atoms with van der Waals surface area (Å²) in [6.45, 7) is 19.5. The molecule has 2 aliphatic carbocycles. The highest BCUT2D eigenvalue weighted by atomic mass is 28.4. The maximum absolute atomic E-state index is 14.1. The molecule has 2 atom stereocenters. The molecule has 1 heterocycles. The van der Waals surface area contributed by atoms with E-state index in [1.165, 1.54) is 12.1 Å². The van der Waals surface area contributed by atoms with Crippen molar-refractivity contribution in [2.24, 2.45) is 5.41 Å². The van der Waals surface area contributed by atoms with Crippen molar-refractivity contribution in [3.05, 3.63) is 69.5 Å². The number of rotatable bonds is 7. The van der Waals surface area contributed by atoms with Gasteiger partial charge in [-0.15, -0.1) is 0 Å². The van der Waals surface area contributed by atoms with Gasteiger partial charge in [-0.1, -0.05) is 78.8 Å². The van der Waals surface area contributed by atoms with Crippen LogP contribution in [0.1, 0.15) is 131 Å². The highest BCUT2D eigenvalue weighted by Gasteiger charge is 2.58. The third-order valence-corrected chi connectivity index (χ3v) is 13.9. The molecule has 3 nitrogen and oxygen atoms in total. The first kappa shape index (κ1) is 33.8. The Morgan fingerprint density at radius 3 is 2.12 bits per heavy atom. The first-order chi connectivity index (χ1) is 19.6. The summed E-state index contributed by atoms with van der Waals surface area (Å²) >= 11 is 0. The van der Waals surface area contributed by atoms with Gasteiger partial charge in [-0.25, -0.2) is 0 Å². The predicted molar refractivity (Wildman–Crippen MR) is 164 cm³/mol. The molecule has 0 fully saturated rings. The van der Waals surface area contributed by atoms with Crippen LogP contribution in [0.4, 0.5) is 22.0 Å². The third-order valence-electron chi connectivity index (χ3n) is 9.46. The number of allylic oxidation sites excluding steroid dienone is 2. The molecular formula is C34H46F5NO2Si. The second-order valence-electron chi connectivity index (χ2n) is 14.9. The molecule has 0 spiro atoms. The van der Waals surface area contributed by atoms with Gasteiger partial charge in [0.25, 0.3) is 0 Å². The molecular weight excluding hydrogens is 577 g/mol. The van der Waals surface area contributed by atoms with Gasteiger partial charge in [0, 0.05) is 28.1 Å². The Morgan fingerprint density at radius 2 is 1.63 bits per heavy atom. The minimum Gasteiger partial charge on any atom is -0.410 e. The van der Waals surface area contributed by atoms with Crippen molar-refractivity contribution < 1.29 is 31.5 Å². The Kier molecular flexibility index (Phi) is 8.92. The van der Waals surface area contributed by atoms with Gasteiger partial charge in [-0.2, -0.15) is 22.0 Å². The molecule has 0 bridgehead atoms. The molecule has 0 saturated carbocycles. The van der Waals surface area contributed by atoms with Crippen LogP contribution in [0.15, 0.2) is 30.3 Å². The fourth-order valence-electron chi connectivity index (χ4n) is 6.09. The first-order valence-electron chi connectivity index (χ1n) is 15.2. The largest absolute Gasteiger partial charge is 0.458 e. The number of halogens is 5. The summed E-state index contributed by atoms with van der Waals surface area (Å²) in [4.78, 5) is 5.20. The normalized spacial score (nSPS) is 20.3. The van der Waals surface area contributed by atoms with Crippen LogP contribution in [0.25, 0.3) is 5.57 Å². The first-order valence-corrected chi connectivity index (χ1v) is 18.1. The lowest BCUT2D eigenvalue weighted by atomic mass is 9.71. The SMILES string of the molecule is CC(C)c1nc2c(c(C3=CCCC3)c1[C@H](O)c1ccc(C(F)(F)C(F)(F)F)cc1)C(O[Si](C)(C)C(C)(C)C)CC(C)(C)C2. The zero-order valence-electron chi connectivity index (χ0n) is 26.8. The summed E-state index contributed by atoms with van der Waals surface area (Å²) in [5.41, 5.74) is 4.31. The number of nitrogens with zero attached hydrogens (tertiary/aromatic N) is 1. The van der Waals surface area contributed by atoms with E-state index in [1.807, 2.05) is 13.8 Å². The number of aromatic nitrogens is 1. The lowest BCUT2D eigenvalue weighted by Crippen LogP contribution is -2.44. The number of fused-ring (bicyclic) bond motifs is 1. The fraction of sp³-hybridized carbons (Fsp3) is 0.618. The maximum atomic E-state index is 14.1. The Balaban J connectivity index is 1.96. The number of aliphatic hydroxyl groups excluding tert-OH is 1. The van der Waals surface area contributed by atoms with Crippen LogP contribution in [0.5, 0.6) is 0 Å². The summed E-state index contributed by atoms with van der Waals surface area (Å²) in [6, 6.07) is 3.85. The van der Waals surface area contributed by atoms with Gasteiger partial charge in [0.1, 0.15) is 6.10 Å². The van der Waals surface area contributed by atoms with Crippen molar-refractivity contribution in [3.63, 3.8) is 0 Å². The standard InChI is InChI=1S/C34H46F5NO2Si/c1-20(2)29-28(30(41)22-14-16-23(17-15-22)33(35,36)34(37,38)39)26(21-12-10-11-13-21)27-24(40-29)18-32(6,7)19-25(27)42-43(8,9)31(3,4)5/h12,14-17,20,25,30,41H,10-11,13,18-19H2,1-9H3/t25?,30-/m1/s1. The second kappa shape index (κ2) is 11.4. The average molecular weight is 624 g/mol. The molecule has 2 aliphatic rings. The molecule has 1 N–H and O–H groups in total. The molecule has 0 amide bonds. The number of hydrogen-bond donors (Lipinski definition) is 1. The molecule has 0 radical (unpaired) electrons. The van der Waals surface area contributed by atoms with E-state index in [1.54, 1.807) is 0 Å². The van der Waals surface area contributed by atoms with Gasteiger partial charge < -0.3 is 9.53 Å². The van der Waals surface area contributed by atoms with E-state index < -0.39 is 32.1 Å². The molecule has 0 saturated heterocycles. The number of pyridine rings is 1.